The number of hydrogen-bond acceptors (Lipinski definition) is 3. The topological polar surface area (TPSA) is 30.5 Å². The summed E-state index contributed by atoms with van der Waals surface area (Å²) in [5.41, 5.74) is 4.61. The lowest BCUT2D eigenvalue weighted by atomic mass is 10.1. The van der Waals surface area contributed by atoms with Gasteiger partial charge in [0, 0.05) is 11.6 Å². The maximum absolute atomic E-state index is 6.55. The third kappa shape index (κ3) is 6.66. The Balaban J connectivity index is 1.61. The van der Waals surface area contributed by atoms with Crippen LogP contribution in [0, 0.1) is 6.92 Å². The van der Waals surface area contributed by atoms with Crippen molar-refractivity contribution in [1.29, 1.82) is 0 Å². The summed E-state index contributed by atoms with van der Waals surface area (Å²) in [5.74, 6) is 1.26. The highest BCUT2D eigenvalue weighted by Gasteiger charge is 2.13. The largest absolute Gasteiger partial charge is 0.490 e. The third-order valence-electron chi connectivity index (χ3n) is 4.67. The minimum atomic E-state index is 0.445. The van der Waals surface area contributed by atoms with Crippen LogP contribution in [0.15, 0.2) is 60.7 Å². The van der Waals surface area contributed by atoms with Crippen LogP contribution in [0.2, 0.25) is 10.0 Å². The zero-order valence-corrected chi connectivity index (χ0v) is 18.9. The standard InChI is InChI=1S/C25H27Cl2NO2/c1-3-29-24-15-21(16-28-12-11-19-7-9-22(26)10-8-19)14-23(27)25(24)30-17-20-6-4-5-18(2)13-20/h4-10,13-15,28H,3,11-12,16-17H2,1-2H3. The molecule has 158 valence electrons. The zero-order chi connectivity index (χ0) is 21.3. The number of aryl methyl sites for hydroxylation is 1. The van der Waals surface area contributed by atoms with Crippen molar-refractivity contribution in [3.63, 3.8) is 0 Å². The molecule has 0 atom stereocenters. The van der Waals surface area contributed by atoms with Gasteiger partial charge in [0.1, 0.15) is 6.61 Å². The molecule has 0 fully saturated rings. The lowest BCUT2D eigenvalue weighted by Gasteiger charge is -2.16. The molecule has 0 heterocycles. The molecule has 0 amide bonds. The zero-order valence-electron chi connectivity index (χ0n) is 17.4. The SMILES string of the molecule is CCOc1cc(CNCCc2ccc(Cl)cc2)cc(Cl)c1OCc1cccc(C)c1. The van der Waals surface area contributed by atoms with Gasteiger partial charge < -0.3 is 14.8 Å². The van der Waals surface area contributed by atoms with Crippen LogP contribution in [0.3, 0.4) is 0 Å². The highest BCUT2D eigenvalue weighted by atomic mass is 35.5. The molecular weight excluding hydrogens is 417 g/mol. The molecule has 1 N–H and O–H groups in total. The van der Waals surface area contributed by atoms with E-state index < -0.39 is 0 Å². The van der Waals surface area contributed by atoms with Gasteiger partial charge in [0.15, 0.2) is 11.5 Å². The van der Waals surface area contributed by atoms with E-state index in [4.69, 9.17) is 32.7 Å². The van der Waals surface area contributed by atoms with Crippen molar-refractivity contribution in [3.8, 4) is 11.5 Å². The van der Waals surface area contributed by atoms with Crippen molar-refractivity contribution in [2.24, 2.45) is 0 Å². The average Bonchev–Trinajstić information content (AvgIpc) is 2.72. The molecule has 0 spiro atoms. The summed E-state index contributed by atoms with van der Waals surface area (Å²) in [7, 11) is 0. The molecular formula is C25H27Cl2NO2. The Morgan fingerprint density at radius 1 is 0.867 bits per heavy atom. The summed E-state index contributed by atoms with van der Waals surface area (Å²) in [6.07, 6.45) is 0.931. The Bertz CT molecular complexity index is 958. The molecule has 0 aliphatic carbocycles. The summed E-state index contributed by atoms with van der Waals surface area (Å²) < 4.78 is 11.8. The minimum Gasteiger partial charge on any atom is -0.490 e. The van der Waals surface area contributed by atoms with Crippen LogP contribution < -0.4 is 14.8 Å². The first-order chi connectivity index (χ1) is 14.5. The lowest BCUT2D eigenvalue weighted by molar-refractivity contribution is 0.269. The number of rotatable bonds is 10. The quantitative estimate of drug-likeness (QED) is 0.357. The van der Waals surface area contributed by atoms with Crippen LogP contribution in [0.4, 0.5) is 0 Å². The molecule has 3 aromatic rings. The van der Waals surface area contributed by atoms with E-state index in [0.717, 1.165) is 29.1 Å². The summed E-state index contributed by atoms with van der Waals surface area (Å²) >= 11 is 12.5. The predicted octanol–water partition coefficient (Wildman–Crippen LogP) is 6.61. The fraction of sp³-hybridized carbons (Fsp3) is 0.280. The van der Waals surface area contributed by atoms with Crippen LogP contribution in [-0.4, -0.2) is 13.2 Å². The Labute approximate surface area is 188 Å². The van der Waals surface area contributed by atoms with E-state index in [0.29, 0.717) is 36.3 Å². The lowest BCUT2D eigenvalue weighted by Crippen LogP contribution is -2.16. The first-order valence-electron chi connectivity index (χ1n) is 10.1. The van der Waals surface area contributed by atoms with Gasteiger partial charge in [-0.25, -0.2) is 0 Å². The Morgan fingerprint density at radius 3 is 2.40 bits per heavy atom. The van der Waals surface area contributed by atoms with Crippen molar-refractivity contribution < 1.29 is 9.47 Å². The van der Waals surface area contributed by atoms with Crippen molar-refractivity contribution in [2.75, 3.05) is 13.2 Å². The maximum Gasteiger partial charge on any atom is 0.180 e. The molecule has 0 aliphatic rings. The average molecular weight is 444 g/mol. The molecule has 0 aliphatic heterocycles. The van der Waals surface area contributed by atoms with Gasteiger partial charge in [-0.1, -0.05) is 65.2 Å². The maximum atomic E-state index is 6.55. The van der Waals surface area contributed by atoms with E-state index in [1.165, 1.54) is 11.1 Å². The fourth-order valence-electron chi connectivity index (χ4n) is 3.20. The molecule has 0 unspecified atom stereocenters. The summed E-state index contributed by atoms with van der Waals surface area (Å²) in [6, 6.07) is 20.1. The van der Waals surface area contributed by atoms with Gasteiger partial charge in [0.2, 0.25) is 0 Å². The van der Waals surface area contributed by atoms with Crippen LogP contribution in [0.5, 0.6) is 11.5 Å². The van der Waals surface area contributed by atoms with Crippen LogP contribution in [0.25, 0.3) is 0 Å². The van der Waals surface area contributed by atoms with Gasteiger partial charge in [-0.05, 0) is 67.8 Å². The van der Waals surface area contributed by atoms with Crippen LogP contribution in [0.1, 0.15) is 29.2 Å². The van der Waals surface area contributed by atoms with Crippen LogP contribution >= 0.6 is 23.2 Å². The molecule has 0 aromatic heterocycles. The number of benzene rings is 3. The van der Waals surface area contributed by atoms with E-state index in [-0.39, 0.29) is 0 Å². The molecule has 3 aromatic carbocycles. The first-order valence-corrected chi connectivity index (χ1v) is 10.9. The monoisotopic (exact) mass is 443 g/mol. The fourth-order valence-corrected chi connectivity index (χ4v) is 3.61. The van der Waals surface area contributed by atoms with Crippen molar-refractivity contribution >= 4 is 23.2 Å². The molecule has 0 radical (unpaired) electrons. The first kappa shape index (κ1) is 22.5. The molecule has 0 bridgehead atoms. The highest BCUT2D eigenvalue weighted by Crippen LogP contribution is 2.37. The second kappa shape index (κ2) is 11.3. The molecule has 30 heavy (non-hydrogen) atoms. The minimum absolute atomic E-state index is 0.445. The number of ether oxygens (including phenoxy) is 2. The van der Waals surface area contributed by atoms with Crippen molar-refractivity contribution in [1.82, 2.24) is 5.32 Å². The van der Waals surface area contributed by atoms with E-state index in [9.17, 15) is 0 Å². The van der Waals surface area contributed by atoms with Gasteiger partial charge in [0.05, 0.1) is 11.6 Å². The second-order valence-electron chi connectivity index (χ2n) is 7.17. The molecule has 5 heteroatoms. The summed E-state index contributed by atoms with van der Waals surface area (Å²) in [4.78, 5) is 0. The van der Waals surface area contributed by atoms with Crippen molar-refractivity contribution in [3.05, 3.63) is 93.0 Å². The van der Waals surface area contributed by atoms with Gasteiger partial charge in [-0.15, -0.1) is 0 Å². The van der Waals surface area contributed by atoms with Gasteiger partial charge in [0.25, 0.3) is 0 Å². The van der Waals surface area contributed by atoms with E-state index >= 15 is 0 Å². The number of halogens is 2. The number of nitrogens with one attached hydrogen (secondary N) is 1. The van der Waals surface area contributed by atoms with Gasteiger partial charge in [-0.2, -0.15) is 0 Å². The van der Waals surface area contributed by atoms with E-state index in [2.05, 4.69) is 36.5 Å². The Kier molecular flexibility index (Phi) is 8.44. The number of hydrogen-bond donors (Lipinski definition) is 1. The molecule has 0 saturated heterocycles. The second-order valence-corrected chi connectivity index (χ2v) is 8.01. The molecule has 0 saturated carbocycles. The Morgan fingerprint density at radius 2 is 1.67 bits per heavy atom. The van der Waals surface area contributed by atoms with E-state index in [1.807, 2.05) is 43.3 Å². The third-order valence-corrected chi connectivity index (χ3v) is 5.20. The van der Waals surface area contributed by atoms with Crippen LogP contribution in [-0.2, 0) is 19.6 Å². The predicted molar refractivity (Wildman–Crippen MR) is 125 cm³/mol. The van der Waals surface area contributed by atoms with Gasteiger partial charge in [-0.3, -0.25) is 0 Å². The van der Waals surface area contributed by atoms with E-state index in [1.54, 1.807) is 0 Å². The summed E-state index contributed by atoms with van der Waals surface area (Å²) in [5, 5.41) is 4.77. The highest BCUT2D eigenvalue weighted by molar-refractivity contribution is 6.32. The summed E-state index contributed by atoms with van der Waals surface area (Å²) in [6.45, 7) is 6.57. The smallest absolute Gasteiger partial charge is 0.180 e. The molecule has 3 nitrogen and oxygen atoms in total. The van der Waals surface area contributed by atoms with Gasteiger partial charge >= 0.3 is 0 Å². The Hall–Kier alpha value is -2.20. The van der Waals surface area contributed by atoms with Crippen molar-refractivity contribution in [2.45, 2.75) is 33.4 Å². The normalized spacial score (nSPS) is 10.8. The molecule has 3 rings (SSSR count).